The average molecular weight is 578 g/mol. The summed E-state index contributed by atoms with van der Waals surface area (Å²) in [6.07, 6.45) is 1.90. The van der Waals surface area contributed by atoms with Gasteiger partial charge in [0.05, 0.1) is 54.1 Å². The van der Waals surface area contributed by atoms with Gasteiger partial charge in [0.2, 0.25) is 17.3 Å². The highest BCUT2D eigenvalue weighted by molar-refractivity contribution is 6.46. The van der Waals surface area contributed by atoms with Gasteiger partial charge in [0.1, 0.15) is 5.03 Å². The van der Waals surface area contributed by atoms with Gasteiger partial charge in [-0.1, -0.05) is 35.9 Å². The van der Waals surface area contributed by atoms with Crippen molar-refractivity contribution in [1.82, 2.24) is 4.90 Å². The first kappa shape index (κ1) is 27.9. The Morgan fingerprint density at radius 1 is 0.756 bits per heavy atom. The molecule has 0 saturated heterocycles. The van der Waals surface area contributed by atoms with Crippen molar-refractivity contribution < 1.29 is 38.0 Å². The van der Waals surface area contributed by atoms with Gasteiger partial charge in [-0.2, -0.15) is 0 Å². The molecule has 41 heavy (non-hydrogen) atoms. The number of hydrogen-bond donors (Lipinski definition) is 0. The van der Waals surface area contributed by atoms with Crippen molar-refractivity contribution in [3.8, 4) is 34.5 Å². The Hall–Kier alpha value is -4.63. The Morgan fingerprint density at radius 2 is 1.27 bits per heavy atom. The Balaban J connectivity index is 1.77. The van der Waals surface area contributed by atoms with Crippen molar-refractivity contribution in [2.75, 3.05) is 42.7 Å². The van der Waals surface area contributed by atoms with E-state index in [1.165, 1.54) is 47.6 Å². The third-order valence-corrected chi connectivity index (χ3v) is 7.51. The number of halogens is 1. The number of carbonyl (C=O) groups is 2. The van der Waals surface area contributed by atoms with Crippen LogP contribution < -0.4 is 28.4 Å². The van der Waals surface area contributed by atoms with Gasteiger partial charge in [-0.25, -0.2) is 0 Å². The number of benzene rings is 3. The number of fused-ring (bicyclic) bond motifs is 3. The first-order valence-corrected chi connectivity index (χ1v) is 12.9. The average Bonchev–Trinajstić information content (AvgIpc) is 3.42. The summed E-state index contributed by atoms with van der Waals surface area (Å²) in [5.41, 5.74) is 2.85. The van der Waals surface area contributed by atoms with Gasteiger partial charge in [-0.05, 0) is 35.9 Å². The monoisotopic (exact) mass is 577 g/mol. The number of ketones is 1. The summed E-state index contributed by atoms with van der Waals surface area (Å²) >= 11 is 6.77. The van der Waals surface area contributed by atoms with Crippen LogP contribution in [0.25, 0.3) is 5.70 Å². The lowest BCUT2D eigenvalue weighted by Gasteiger charge is -2.29. The summed E-state index contributed by atoms with van der Waals surface area (Å²) in [4.78, 5) is 29.3. The maximum atomic E-state index is 14.5. The molecule has 3 aromatic carbocycles. The third-order valence-electron chi connectivity index (χ3n) is 7.14. The maximum Gasteiger partial charge on any atom is 0.262 e. The molecule has 1 amide bonds. The minimum Gasteiger partial charge on any atom is -0.493 e. The zero-order valence-corrected chi connectivity index (χ0v) is 24.1. The number of allylic oxidation sites excluding steroid dienone is 2. The number of methoxy groups -OCH3 is 6. The van der Waals surface area contributed by atoms with E-state index in [4.69, 9.17) is 40.0 Å². The lowest BCUT2D eigenvalue weighted by molar-refractivity contribution is 0.0866. The molecule has 1 aliphatic carbocycles. The minimum absolute atomic E-state index is 0.0480. The number of amides is 1. The van der Waals surface area contributed by atoms with Crippen molar-refractivity contribution >= 4 is 29.0 Å². The van der Waals surface area contributed by atoms with Crippen molar-refractivity contribution in [2.24, 2.45) is 0 Å². The van der Waals surface area contributed by atoms with E-state index in [0.717, 1.165) is 5.56 Å². The van der Waals surface area contributed by atoms with E-state index in [1.807, 2.05) is 18.2 Å². The van der Waals surface area contributed by atoms with Crippen LogP contribution in [-0.2, 0) is 0 Å². The van der Waals surface area contributed by atoms with E-state index in [9.17, 15) is 9.59 Å². The first-order chi connectivity index (χ1) is 19.8. The maximum absolute atomic E-state index is 14.5. The van der Waals surface area contributed by atoms with Gasteiger partial charge in [0.25, 0.3) is 5.91 Å². The van der Waals surface area contributed by atoms with Crippen LogP contribution in [0.1, 0.15) is 37.8 Å². The molecule has 5 rings (SSSR count). The van der Waals surface area contributed by atoms with E-state index in [1.54, 1.807) is 36.4 Å². The number of ether oxygens (including phenoxy) is 6. The largest absolute Gasteiger partial charge is 0.493 e. The van der Waals surface area contributed by atoms with Gasteiger partial charge in [-0.15, -0.1) is 0 Å². The fraction of sp³-hybridized carbons (Fsp3) is 0.226. The molecule has 0 fully saturated rings. The molecule has 10 heteroatoms. The molecule has 1 aliphatic heterocycles. The topological polar surface area (TPSA) is 92.8 Å². The number of Topliss-reactive ketones (excluding diaryl/α,β-unsaturated/α-hetero) is 1. The standard InChI is InChI=1S/C31H28ClNO8/c1-36-22-11-16(12-23(37-2)29(22)40-5)21-15-20-18-9-7-8-10-19(18)28(34)26(32)27(20)33(21)31(35)17-13-24(38-3)30(41-6)25(14-17)39-4/h7-15,20H,1-6H3. The zero-order valence-electron chi connectivity index (χ0n) is 23.4. The number of hydrogen-bond acceptors (Lipinski definition) is 8. The van der Waals surface area contributed by atoms with Crippen LogP contribution in [0.3, 0.4) is 0 Å². The van der Waals surface area contributed by atoms with Crippen molar-refractivity contribution in [3.63, 3.8) is 0 Å². The Kier molecular flexibility index (Phi) is 7.55. The fourth-order valence-electron chi connectivity index (χ4n) is 5.27. The quantitative estimate of drug-likeness (QED) is 0.338. The van der Waals surface area contributed by atoms with Crippen LogP contribution in [0, 0.1) is 0 Å². The Morgan fingerprint density at radius 3 is 1.78 bits per heavy atom. The van der Waals surface area contributed by atoms with Gasteiger partial charge in [0.15, 0.2) is 23.0 Å². The van der Waals surface area contributed by atoms with E-state index in [0.29, 0.717) is 57.0 Å². The van der Waals surface area contributed by atoms with Gasteiger partial charge in [-0.3, -0.25) is 14.5 Å². The summed E-state index contributed by atoms with van der Waals surface area (Å²) in [5, 5.41) is -0.0480. The van der Waals surface area contributed by atoms with Crippen LogP contribution >= 0.6 is 11.6 Å². The van der Waals surface area contributed by atoms with Gasteiger partial charge >= 0.3 is 0 Å². The van der Waals surface area contributed by atoms with E-state index in [2.05, 4.69) is 0 Å². The predicted molar refractivity (Wildman–Crippen MR) is 153 cm³/mol. The molecule has 9 nitrogen and oxygen atoms in total. The predicted octanol–water partition coefficient (Wildman–Crippen LogP) is 5.67. The molecule has 212 valence electrons. The second-order valence-corrected chi connectivity index (χ2v) is 9.49. The highest BCUT2D eigenvalue weighted by atomic mass is 35.5. The molecule has 2 aliphatic rings. The Labute approximate surface area is 242 Å². The van der Waals surface area contributed by atoms with E-state index >= 15 is 0 Å². The van der Waals surface area contributed by atoms with E-state index < -0.39 is 11.8 Å². The number of rotatable bonds is 8. The molecule has 0 N–H and O–H groups in total. The Bertz CT molecular complexity index is 1580. The SMILES string of the molecule is COc1cc(C(=O)N2C(c3cc(OC)c(OC)c(OC)c3)=CC3C2=C(Cl)C(=O)c2ccccc23)cc(OC)c1OC. The highest BCUT2D eigenvalue weighted by Gasteiger charge is 2.43. The van der Waals surface area contributed by atoms with Gasteiger partial charge < -0.3 is 28.4 Å². The molecule has 0 saturated carbocycles. The van der Waals surface area contributed by atoms with Crippen LogP contribution in [0.4, 0.5) is 0 Å². The second-order valence-electron chi connectivity index (χ2n) is 9.11. The van der Waals surface area contributed by atoms with Crippen molar-refractivity contribution in [2.45, 2.75) is 5.92 Å². The van der Waals surface area contributed by atoms with E-state index in [-0.39, 0.29) is 16.4 Å². The molecule has 0 bridgehead atoms. The normalized spacial score (nSPS) is 15.6. The lowest BCUT2D eigenvalue weighted by atomic mass is 9.85. The summed E-state index contributed by atoms with van der Waals surface area (Å²) in [6, 6.07) is 13.8. The van der Waals surface area contributed by atoms with Crippen LogP contribution in [-0.4, -0.2) is 59.2 Å². The molecule has 1 atom stereocenters. The molecule has 0 aromatic heterocycles. The summed E-state index contributed by atoms with van der Waals surface area (Å²) in [5.74, 6) is 0.826. The first-order valence-electron chi connectivity index (χ1n) is 12.5. The highest BCUT2D eigenvalue weighted by Crippen LogP contribution is 2.51. The zero-order chi connectivity index (χ0) is 29.4. The van der Waals surface area contributed by atoms with Gasteiger partial charge in [0, 0.05) is 22.6 Å². The summed E-state index contributed by atoms with van der Waals surface area (Å²) < 4.78 is 33.1. The smallest absolute Gasteiger partial charge is 0.262 e. The summed E-state index contributed by atoms with van der Waals surface area (Å²) in [6.45, 7) is 0. The summed E-state index contributed by atoms with van der Waals surface area (Å²) in [7, 11) is 8.95. The molecule has 0 radical (unpaired) electrons. The molecule has 1 unspecified atom stereocenters. The van der Waals surface area contributed by atoms with Crippen LogP contribution in [0.5, 0.6) is 34.5 Å². The van der Waals surface area contributed by atoms with Crippen LogP contribution in [0.15, 0.2) is 65.3 Å². The molecule has 3 aromatic rings. The fourth-order valence-corrected chi connectivity index (χ4v) is 5.57. The van der Waals surface area contributed by atoms with Crippen molar-refractivity contribution in [1.29, 1.82) is 0 Å². The number of nitrogens with zero attached hydrogens (tertiary/aromatic N) is 1. The second kappa shape index (κ2) is 11.1. The minimum atomic E-state index is -0.475. The molecular formula is C31H28ClNO8. The molecular weight excluding hydrogens is 550 g/mol. The van der Waals surface area contributed by atoms with Crippen LogP contribution in [0.2, 0.25) is 0 Å². The number of carbonyl (C=O) groups excluding carboxylic acids is 2. The molecule has 1 heterocycles. The molecule has 0 spiro atoms. The van der Waals surface area contributed by atoms with Crippen molar-refractivity contribution in [3.05, 3.63) is 87.6 Å². The lowest BCUT2D eigenvalue weighted by Crippen LogP contribution is -2.31. The third kappa shape index (κ3) is 4.42.